The minimum atomic E-state index is -0.487. The maximum Gasteiger partial charge on any atom is 0.289 e. The minimum absolute atomic E-state index is 0.102. The number of aromatic nitrogens is 4. The van der Waals surface area contributed by atoms with E-state index >= 15 is 0 Å². The van der Waals surface area contributed by atoms with Gasteiger partial charge < -0.3 is 9.64 Å². The number of nitrogens with zero attached hydrogens (tertiary/aromatic N) is 4. The number of benzene rings is 1. The van der Waals surface area contributed by atoms with Gasteiger partial charge in [0.25, 0.3) is 11.8 Å². The second kappa shape index (κ2) is 9.37. The molecule has 0 bridgehead atoms. The first-order valence-corrected chi connectivity index (χ1v) is 10.9. The van der Waals surface area contributed by atoms with Crippen molar-refractivity contribution in [1.82, 2.24) is 30.6 Å². The van der Waals surface area contributed by atoms with Crippen LogP contribution in [0.5, 0.6) is 0 Å². The molecule has 0 radical (unpaired) electrons. The number of aromatic amines is 1. The van der Waals surface area contributed by atoms with Crippen molar-refractivity contribution in [3.63, 3.8) is 0 Å². The molecule has 1 aromatic carbocycles. The van der Waals surface area contributed by atoms with Crippen molar-refractivity contribution in [1.29, 1.82) is 0 Å². The fourth-order valence-electron chi connectivity index (χ4n) is 3.11. The van der Waals surface area contributed by atoms with Gasteiger partial charge in [-0.3, -0.25) is 30.1 Å². The second-order valence-electron chi connectivity index (χ2n) is 6.93. The van der Waals surface area contributed by atoms with Crippen molar-refractivity contribution in [3.05, 3.63) is 45.7 Å². The minimum Gasteiger partial charge on any atom is -0.378 e. The van der Waals surface area contributed by atoms with Crippen molar-refractivity contribution in [3.8, 4) is 11.4 Å². The molecule has 1 fully saturated rings. The number of hydrazine groups is 1. The number of morpholine rings is 1. The summed E-state index contributed by atoms with van der Waals surface area (Å²) in [6, 6.07) is 7.73. The predicted octanol–water partition coefficient (Wildman–Crippen LogP) is 1.67. The lowest BCUT2D eigenvalue weighted by Crippen LogP contribution is -2.43. The molecule has 0 saturated carbocycles. The molecular formula is C19H21N7O3S2. The highest BCUT2D eigenvalue weighted by Crippen LogP contribution is 2.21. The van der Waals surface area contributed by atoms with Crippen LogP contribution in [0.3, 0.4) is 0 Å². The van der Waals surface area contributed by atoms with E-state index in [2.05, 4.69) is 30.9 Å². The third-order valence-electron chi connectivity index (χ3n) is 4.66. The molecule has 0 unspecified atom stereocenters. The molecule has 0 spiro atoms. The van der Waals surface area contributed by atoms with E-state index in [-0.39, 0.29) is 12.2 Å². The number of aryl methyl sites for hydroxylation is 1. The van der Waals surface area contributed by atoms with Crippen LogP contribution >= 0.6 is 23.6 Å². The van der Waals surface area contributed by atoms with Gasteiger partial charge in [-0.05, 0) is 25.2 Å². The Kier molecular flexibility index (Phi) is 6.39. The summed E-state index contributed by atoms with van der Waals surface area (Å²) in [6.45, 7) is 4.62. The third-order valence-corrected chi connectivity index (χ3v) is 5.87. The zero-order chi connectivity index (χ0) is 21.8. The quantitative estimate of drug-likeness (QED) is 0.392. The molecule has 3 aromatic rings. The van der Waals surface area contributed by atoms with E-state index in [0.717, 1.165) is 29.3 Å². The highest BCUT2D eigenvalue weighted by molar-refractivity contribution is 7.71. The summed E-state index contributed by atoms with van der Waals surface area (Å²) < 4.78 is 7.21. The van der Waals surface area contributed by atoms with Crippen LogP contribution in [0.25, 0.3) is 11.4 Å². The summed E-state index contributed by atoms with van der Waals surface area (Å²) in [6.07, 6.45) is 0. The van der Waals surface area contributed by atoms with Crippen molar-refractivity contribution < 1.29 is 14.3 Å². The van der Waals surface area contributed by atoms with Crippen molar-refractivity contribution >= 4 is 40.5 Å². The number of carbonyl (C=O) groups is 2. The van der Waals surface area contributed by atoms with Gasteiger partial charge in [-0.2, -0.15) is 5.10 Å². The summed E-state index contributed by atoms with van der Waals surface area (Å²) in [4.78, 5) is 31.2. The Labute approximate surface area is 187 Å². The van der Waals surface area contributed by atoms with Crippen LogP contribution in [0.4, 0.5) is 5.13 Å². The average Bonchev–Trinajstić information content (AvgIpc) is 3.41. The van der Waals surface area contributed by atoms with Gasteiger partial charge in [-0.15, -0.1) is 11.3 Å². The van der Waals surface area contributed by atoms with Crippen LogP contribution < -0.4 is 15.8 Å². The fraction of sp³-hybridized carbons (Fsp3) is 0.316. The molecule has 2 aromatic heterocycles. The number of nitrogens with one attached hydrogen (secondary N) is 3. The SMILES string of the molecule is Cc1cccc(-c2n[nH]c(=S)n2CC(=O)NNC(=O)c2csc(N3CCOCC3)n2)c1. The Balaban J connectivity index is 1.37. The van der Waals surface area contributed by atoms with E-state index in [1.807, 2.05) is 31.2 Å². The smallest absolute Gasteiger partial charge is 0.289 e. The first-order chi connectivity index (χ1) is 15.0. The van der Waals surface area contributed by atoms with Crippen LogP contribution in [-0.2, 0) is 16.1 Å². The van der Waals surface area contributed by atoms with E-state index in [1.165, 1.54) is 11.3 Å². The molecule has 1 aliphatic heterocycles. The van der Waals surface area contributed by atoms with Crippen LogP contribution in [0.2, 0.25) is 0 Å². The summed E-state index contributed by atoms with van der Waals surface area (Å²) in [5, 5.41) is 9.36. The molecule has 31 heavy (non-hydrogen) atoms. The summed E-state index contributed by atoms with van der Waals surface area (Å²) in [5.41, 5.74) is 6.95. The van der Waals surface area contributed by atoms with Gasteiger partial charge in [0.05, 0.1) is 13.2 Å². The first-order valence-electron chi connectivity index (χ1n) is 9.61. The number of rotatable bonds is 5. The summed E-state index contributed by atoms with van der Waals surface area (Å²) in [5.74, 6) is -0.382. The van der Waals surface area contributed by atoms with Crippen LogP contribution in [0.15, 0.2) is 29.6 Å². The lowest BCUT2D eigenvalue weighted by molar-refractivity contribution is -0.122. The third kappa shape index (κ3) is 4.98. The Morgan fingerprint density at radius 2 is 2.10 bits per heavy atom. The molecule has 4 rings (SSSR count). The zero-order valence-electron chi connectivity index (χ0n) is 16.8. The number of hydrogen-bond acceptors (Lipinski definition) is 8. The van der Waals surface area contributed by atoms with Crippen molar-refractivity contribution in [2.24, 2.45) is 0 Å². The van der Waals surface area contributed by atoms with Gasteiger partial charge in [0.15, 0.2) is 15.7 Å². The van der Waals surface area contributed by atoms with Crippen molar-refractivity contribution in [2.75, 3.05) is 31.2 Å². The molecule has 1 saturated heterocycles. The normalized spacial score (nSPS) is 13.8. The lowest BCUT2D eigenvalue weighted by Gasteiger charge is -2.25. The summed E-state index contributed by atoms with van der Waals surface area (Å²) in [7, 11) is 0. The number of H-pyrrole nitrogens is 1. The molecule has 2 amide bonds. The van der Waals surface area contributed by atoms with Gasteiger partial charge in [0, 0.05) is 24.0 Å². The zero-order valence-corrected chi connectivity index (χ0v) is 18.4. The predicted molar refractivity (Wildman–Crippen MR) is 118 cm³/mol. The van der Waals surface area contributed by atoms with Crippen LogP contribution in [0, 0.1) is 11.7 Å². The van der Waals surface area contributed by atoms with E-state index < -0.39 is 11.8 Å². The van der Waals surface area contributed by atoms with E-state index in [0.29, 0.717) is 23.8 Å². The Bertz CT molecular complexity index is 1150. The number of hydrogen-bond donors (Lipinski definition) is 3. The average molecular weight is 460 g/mol. The molecule has 0 aliphatic carbocycles. The van der Waals surface area contributed by atoms with Gasteiger partial charge >= 0.3 is 0 Å². The lowest BCUT2D eigenvalue weighted by atomic mass is 10.1. The maximum atomic E-state index is 12.4. The largest absolute Gasteiger partial charge is 0.378 e. The molecular weight excluding hydrogens is 438 g/mol. The van der Waals surface area contributed by atoms with E-state index in [4.69, 9.17) is 17.0 Å². The number of amides is 2. The van der Waals surface area contributed by atoms with Gasteiger partial charge in [-0.1, -0.05) is 23.8 Å². The Morgan fingerprint density at radius 3 is 2.87 bits per heavy atom. The number of anilines is 1. The monoisotopic (exact) mass is 459 g/mol. The number of carbonyl (C=O) groups excluding carboxylic acids is 2. The molecule has 3 heterocycles. The Morgan fingerprint density at radius 1 is 1.29 bits per heavy atom. The van der Waals surface area contributed by atoms with E-state index in [1.54, 1.807) is 9.95 Å². The maximum absolute atomic E-state index is 12.4. The second-order valence-corrected chi connectivity index (χ2v) is 8.15. The van der Waals surface area contributed by atoms with Crippen LogP contribution in [-0.4, -0.2) is 57.9 Å². The first kappa shape index (κ1) is 21.2. The number of ether oxygens (including phenoxy) is 1. The van der Waals surface area contributed by atoms with Gasteiger partial charge in [-0.25, -0.2) is 4.98 Å². The molecule has 12 heteroatoms. The molecule has 1 aliphatic rings. The fourth-order valence-corrected chi connectivity index (χ4v) is 4.17. The number of thiazole rings is 1. The standard InChI is InChI=1S/C19H21N7O3S2/c1-12-3-2-4-13(9-12)16-22-24-18(30)26(16)10-15(27)21-23-17(28)14-11-31-19(20-14)25-5-7-29-8-6-25/h2-4,9,11H,5-8,10H2,1H3,(H,21,27)(H,23,28)(H,24,30). The van der Waals surface area contributed by atoms with Gasteiger partial charge in [0.1, 0.15) is 12.2 Å². The Hall–Kier alpha value is -3.09. The molecule has 3 N–H and O–H groups in total. The van der Waals surface area contributed by atoms with Crippen molar-refractivity contribution in [2.45, 2.75) is 13.5 Å². The van der Waals surface area contributed by atoms with E-state index in [9.17, 15) is 9.59 Å². The topological polar surface area (TPSA) is 117 Å². The summed E-state index contributed by atoms with van der Waals surface area (Å²) >= 11 is 6.64. The molecule has 10 nitrogen and oxygen atoms in total. The highest BCUT2D eigenvalue weighted by Gasteiger charge is 2.18. The van der Waals surface area contributed by atoms with Crippen LogP contribution in [0.1, 0.15) is 16.1 Å². The van der Waals surface area contributed by atoms with Gasteiger partial charge in [0.2, 0.25) is 0 Å². The molecule has 162 valence electrons. The highest BCUT2D eigenvalue weighted by atomic mass is 32.1. The molecule has 0 atom stereocenters.